The van der Waals surface area contributed by atoms with Crippen molar-refractivity contribution < 1.29 is 9.47 Å². The van der Waals surface area contributed by atoms with Gasteiger partial charge in [-0.05, 0) is 36.8 Å². The third-order valence-electron chi connectivity index (χ3n) is 4.80. The third-order valence-corrected chi connectivity index (χ3v) is 4.80. The first-order chi connectivity index (χ1) is 14.3. The van der Waals surface area contributed by atoms with Gasteiger partial charge in [-0.15, -0.1) is 0 Å². The van der Waals surface area contributed by atoms with E-state index in [4.69, 9.17) is 9.47 Å². The second-order valence-corrected chi connectivity index (χ2v) is 6.92. The van der Waals surface area contributed by atoms with Crippen LogP contribution < -0.4 is 10.1 Å². The number of morpholine rings is 1. The molecule has 1 aliphatic rings. The van der Waals surface area contributed by atoms with Gasteiger partial charge in [-0.25, -0.2) is 0 Å². The number of ether oxygens (including phenoxy) is 2. The highest BCUT2D eigenvalue weighted by atomic mass is 16.5. The van der Waals surface area contributed by atoms with Crippen molar-refractivity contribution in [2.45, 2.75) is 13.0 Å². The number of allylic oxidation sites excluding steroid dienone is 1. The van der Waals surface area contributed by atoms with Gasteiger partial charge in [0.2, 0.25) is 0 Å². The second kappa shape index (κ2) is 12.1. The van der Waals surface area contributed by atoms with Crippen molar-refractivity contribution in [2.24, 2.45) is 0 Å². The van der Waals surface area contributed by atoms with Crippen molar-refractivity contribution in [1.29, 1.82) is 0 Å². The predicted molar refractivity (Wildman–Crippen MR) is 118 cm³/mol. The number of hydrogen-bond acceptors (Lipinski definition) is 4. The SMILES string of the molecule is CC=CCNC(C#Cc1ccccc1)c1ccc(OCCN2CCOCC2)cc1. The number of nitrogens with zero attached hydrogens (tertiary/aromatic N) is 1. The predicted octanol–water partition coefficient (Wildman–Crippen LogP) is 3.66. The first-order valence-electron chi connectivity index (χ1n) is 10.3. The first-order valence-corrected chi connectivity index (χ1v) is 10.3. The highest BCUT2D eigenvalue weighted by Gasteiger charge is 2.10. The Morgan fingerprint density at radius 2 is 1.86 bits per heavy atom. The van der Waals surface area contributed by atoms with Gasteiger partial charge < -0.3 is 9.47 Å². The maximum atomic E-state index is 5.92. The molecule has 1 N–H and O–H groups in total. The van der Waals surface area contributed by atoms with Crippen LogP contribution in [0.1, 0.15) is 24.1 Å². The highest BCUT2D eigenvalue weighted by molar-refractivity contribution is 5.39. The molecule has 3 rings (SSSR count). The topological polar surface area (TPSA) is 33.7 Å². The van der Waals surface area contributed by atoms with Crippen molar-refractivity contribution in [1.82, 2.24) is 10.2 Å². The summed E-state index contributed by atoms with van der Waals surface area (Å²) in [6, 6.07) is 18.3. The number of nitrogens with one attached hydrogen (secondary N) is 1. The van der Waals surface area contributed by atoms with E-state index in [-0.39, 0.29) is 6.04 Å². The molecule has 1 unspecified atom stereocenters. The zero-order valence-electron chi connectivity index (χ0n) is 17.1. The van der Waals surface area contributed by atoms with Gasteiger partial charge in [0.1, 0.15) is 12.4 Å². The molecule has 1 saturated heterocycles. The number of rotatable bonds is 8. The van der Waals surface area contributed by atoms with E-state index in [1.807, 2.05) is 55.5 Å². The van der Waals surface area contributed by atoms with E-state index in [9.17, 15) is 0 Å². The molecule has 152 valence electrons. The normalized spacial score (nSPS) is 15.6. The van der Waals surface area contributed by atoms with Crippen molar-refractivity contribution in [3.63, 3.8) is 0 Å². The summed E-state index contributed by atoms with van der Waals surface area (Å²) in [5.41, 5.74) is 2.16. The van der Waals surface area contributed by atoms with Crippen molar-refractivity contribution in [2.75, 3.05) is 46.0 Å². The van der Waals surface area contributed by atoms with E-state index in [1.54, 1.807) is 0 Å². The van der Waals surface area contributed by atoms with Gasteiger partial charge in [-0.2, -0.15) is 0 Å². The Labute approximate surface area is 174 Å². The standard InChI is InChI=1S/C25H30N2O2/c1-2-3-15-26-25(14-9-22-7-5-4-6-8-22)23-10-12-24(13-11-23)29-21-18-27-16-19-28-20-17-27/h2-8,10-13,25-26H,15-21H2,1H3. The molecule has 4 nitrogen and oxygen atoms in total. The van der Waals surface area contributed by atoms with Gasteiger partial charge in [0.25, 0.3) is 0 Å². The summed E-state index contributed by atoms with van der Waals surface area (Å²) in [6.07, 6.45) is 4.14. The quantitative estimate of drug-likeness (QED) is 0.551. The summed E-state index contributed by atoms with van der Waals surface area (Å²) < 4.78 is 11.3. The average Bonchev–Trinajstić information content (AvgIpc) is 2.78. The summed E-state index contributed by atoms with van der Waals surface area (Å²) >= 11 is 0. The summed E-state index contributed by atoms with van der Waals surface area (Å²) in [4.78, 5) is 2.37. The molecule has 1 fully saturated rings. The fourth-order valence-electron chi connectivity index (χ4n) is 3.11. The molecule has 0 spiro atoms. The first kappa shape index (κ1) is 21.1. The lowest BCUT2D eigenvalue weighted by atomic mass is 10.1. The van der Waals surface area contributed by atoms with Gasteiger partial charge in [0.05, 0.1) is 19.3 Å². The minimum atomic E-state index is -0.0335. The van der Waals surface area contributed by atoms with Crippen LogP contribution in [0.5, 0.6) is 5.75 Å². The van der Waals surface area contributed by atoms with Crippen molar-refractivity contribution in [3.8, 4) is 17.6 Å². The molecule has 4 heteroatoms. The van der Waals surface area contributed by atoms with Gasteiger partial charge in [-0.1, -0.05) is 54.3 Å². The van der Waals surface area contributed by atoms with Crippen LogP contribution in [0.25, 0.3) is 0 Å². The molecule has 0 aliphatic carbocycles. The van der Waals surface area contributed by atoms with Crippen LogP contribution in [0.3, 0.4) is 0 Å². The van der Waals surface area contributed by atoms with Gasteiger partial charge in [0.15, 0.2) is 0 Å². The van der Waals surface area contributed by atoms with Crippen molar-refractivity contribution >= 4 is 0 Å². The van der Waals surface area contributed by atoms with Crippen LogP contribution in [0.4, 0.5) is 0 Å². The van der Waals surface area contributed by atoms with Crippen LogP contribution in [-0.4, -0.2) is 50.9 Å². The van der Waals surface area contributed by atoms with E-state index < -0.39 is 0 Å². The lowest BCUT2D eigenvalue weighted by Crippen LogP contribution is -2.38. The molecule has 0 amide bonds. The lowest BCUT2D eigenvalue weighted by Gasteiger charge is -2.26. The van der Waals surface area contributed by atoms with Gasteiger partial charge >= 0.3 is 0 Å². The number of hydrogen-bond donors (Lipinski definition) is 1. The Hall–Kier alpha value is -2.58. The molecule has 0 radical (unpaired) electrons. The third kappa shape index (κ3) is 7.40. The fourth-order valence-corrected chi connectivity index (χ4v) is 3.11. The largest absolute Gasteiger partial charge is 0.492 e. The molecule has 2 aromatic rings. The maximum absolute atomic E-state index is 5.92. The molecule has 1 aliphatic heterocycles. The molecule has 0 saturated carbocycles. The molecular formula is C25H30N2O2. The molecule has 2 aromatic carbocycles. The Morgan fingerprint density at radius 3 is 2.59 bits per heavy atom. The Balaban J connectivity index is 1.59. The summed E-state index contributed by atoms with van der Waals surface area (Å²) in [5.74, 6) is 7.53. The average molecular weight is 391 g/mol. The molecule has 0 bridgehead atoms. The zero-order valence-corrected chi connectivity index (χ0v) is 17.1. The monoisotopic (exact) mass is 390 g/mol. The lowest BCUT2D eigenvalue weighted by molar-refractivity contribution is 0.0322. The van der Waals surface area contributed by atoms with E-state index in [0.29, 0.717) is 6.61 Å². The van der Waals surface area contributed by atoms with Crippen LogP contribution in [0, 0.1) is 11.8 Å². The molecular weight excluding hydrogens is 360 g/mol. The summed E-state index contributed by atoms with van der Waals surface area (Å²) in [7, 11) is 0. The van der Waals surface area contributed by atoms with Crippen LogP contribution in [-0.2, 0) is 4.74 Å². The van der Waals surface area contributed by atoms with Crippen LogP contribution in [0.15, 0.2) is 66.7 Å². The van der Waals surface area contributed by atoms with Crippen LogP contribution >= 0.6 is 0 Å². The maximum Gasteiger partial charge on any atom is 0.119 e. The smallest absolute Gasteiger partial charge is 0.119 e. The minimum Gasteiger partial charge on any atom is -0.492 e. The van der Waals surface area contributed by atoms with E-state index in [0.717, 1.165) is 56.3 Å². The highest BCUT2D eigenvalue weighted by Crippen LogP contribution is 2.18. The molecule has 1 heterocycles. The Kier molecular flexibility index (Phi) is 8.81. The Morgan fingerprint density at radius 1 is 1.10 bits per heavy atom. The van der Waals surface area contributed by atoms with Crippen LogP contribution in [0.2, 0.25) is 0 Å². The van der Waals surface area contributed by atoms with E-state index in [2.05, 4.69) is 40.3 Å². The summed E-state index contributed by atoms with van der Waals surface area (Å²) in [5, 5.41) is 3.49. The van der Waals surface area contributed by atoms with Gasteiger partial charge in [-0.3, -0.25) is 10.2 Å². The fraction of sp³-hybridized carbons (Fsp3) is 0.360. The van der Waals surface area contributed by atoms with E-state index >= 15 is 0 Å². The zero-order chi connectivity index (χ0) is 20.2. The van der Waals surface area contributed by atoms with Gasteiger partial charge in [0, 0.05) is 31.7 Å². The summed E-state index contributed by atoms with van der Waals surface area (Å²) in [6.45, 7) is 8.04. The number of benzene rings is 2. The minimum absolute atomic E-state index is 0.0335. The Bertz CT molecular complexity index is 800. The van der Waals surface area contributed by atoms with E-state index in [1.165, 1.54) is 0 Å². The second-order valence-electron chi connectivity index (χ2n) is 6.92. The molecule has 0 aromatic heterocycles. The van der Waals surface area contributed by atoms with Crippen molar-refractivity contribution in [3.05, 3.63) is 77.9 Å². The molecule has 29 heavy (non-hydrogen) atoms. The molecule has 1 atom stereocenters.